The molecule has 1 aliphatic rings. The van der Waals surface area contributed by atoms with E-state index in [1.165, 1.54) is 17.4 Å². The summed E-state index contributed by atoms with van der Waals surface area (Å²) in [5.74, 6) is 0.103. The molecule has 1 aromatic heterocycles. The van der Waals surface area contributed by atoms with Gasteiger partial charge in [0, 0.05) is 18.0 Å². The Morgan fingerprint density at radius 3 is 2.38 bits per heavy atom. The number of ether oxygens (including phenoxy) is 3. The van der Waals surface area contributed by atoms with Gasteiger partial charge in [-0.15, -0.1) is 11.3 Å². The Kier molecular flexibility index (Phi) is 9.67. The molecule has 42 heavy (non-hydrogen) atoms. The first-order valence-electron chi connectivity index (χ1n) is 13.8. The van der Waals surface area contributed by atoms with Crippen molar-refractivity contribution in [3.05, 3.63) is 77.7 Å². The molecule has 1 N–H and O–H groups in total. The number of hydrogen-bond donors (Lipinski definition) is 1. The molecule has 3 aromatic rings. The van der Waals surface area contributed by atoms with E-state index in [1.807, 2.05) is 74.7 Å². The molecule has 2 amide bonds. The lowest BCUT2D eigenvalue weighted by Gasteiger charge is -2.31. The Morgan fingerprint density at radius 1 is 1.10 bits per heavy atom. The lowest BCUT2D eigenvalue weighted by molar-refractivity contribution is -0.159. The minimum atomic E-state index is -0.942. The zero-order valence-electron chi connectivity index (χ0n) is 24.5. The summed E-state index contributed by atoms with van der Waals surface area (Å²) in [6, 6.07) is 15.4. The van der Waals surface area contributed by atoms with Crippen LogP contribution in [-0.4, -0.2) is 55.4 Å². The van der Waals surface area contributed by atoms with E-state index in [-0.39, 0.29) is 31.5 Å². The highest BCUT2D eigenvalue weighted by molar-refractivity contribution is 7.14. The van der Waals surface area contributed by atoms with E-state index in [4.69, 9.17) is 19.2 Å². The van der Waals surface area contributed by atoms with E-state index < -0.39 is 17.1 Å². The van der Waals surface area contributed by atoms with Gasteiger partial charge in [-0.1, -0.05) is 36.9 Å². The van der Waals surface area contributed by atoms with Crippen molar-refractivity contribution in [3.8, 4) is 17.0 Å². The van der Waals surface area contributed by atoms with Crippen LogP contribution in [0, 0.1) is 5.41 Å². The van der Waals surface area contributed by atoms with Crippen LogP contribution in [0.15, 0.2) is 66.6 Å². The van der Waals surface area contributed by atoms with Crippen molar-refractivity contribution < 1.29 is 28.6 Å². The molecule has 0 aliphatic heterocycles. The highest BCUT2D eigenvalue weighted by Gasteiger charge is 2.48. The number of amides is 2. The molecule has 0 atom stereocenters. The second-order valence-electron chi connectivity index (χ2n) is 11.2. The zero-order valence-corrected chi connectivity index (χ0v) is 25.3. The van der Waals surface area contributed by atoms with Gasteiger partial charge in [-0.3, -0.25) is 14.5 Å². The summed E-state index contributed by atoms with van der Waals surface area (Å²) in [5.41, 5.74) is 2.17. The van der Waals surface area contributed by atoms with Crippen molar-refractivity contribution in [3.63, 3.8) is 0 Å². The van der Waals surface area contributed by atoms with Gasteiger partial charge in [0.15, 0.2) is 5.13 Å². The summed E-state index contributed by atoms with van der Waals surface area (Å²) < 4.78 is 16.2. The lowest BCUT2D eigenvalue weighted by atomic mass is 9.80. The molecule has 222 valence electrons. The Bertz CT molecular complexity index is 1400. The maximum Gasteiger partial charge on any atom is 0.407 e. The fraction of sp³-hybridized carbons (Fsp3) is 0.375. The predicted octanol–water partition coefficient (Wildman–Crippen LogP) is 5.58. The van der Waals surface area contributed by atoms with Crippen LogP contribution < -0.4 is 15.0 Å². The van der Waals surface area contributed by atoms with E-state index in [9.17, 15) is 14.4 Å². The molecule has 0 saturated carbocycles. The van der Waals surface area contributed by atoms with Crippen molar-refractivity contribution in [2.75, 3.05) is 31.7 Å². The summed E-state index contributed by atoms with van der Waals surface area (Å²) in [6.07, 6.45) is 1.91. The van der Waals surface area contributed by atoms with Gasteiger partial charge in [-0.2, -0.15) is 0 Å². The molecular weight excluding hydrogens is 554 g/mol. The average molecular weight is 592 g/mol. The second kappa shape index (κ2) is 13.2. The first-order valence-corrected chi connectivity index (χ1v) is 14.6. The molecule has 4 rings (SSSR count). The number of alkyl carbamates (subject to hydrolysis) is 1. The van der Waals surface area contributed by atoms with E-state index >= 15 is 0 Å². The number of nitrogens with one attached hydrogen (secondary N) is 1. The number of rotatable bonds is 11. The van der Waals surface area contributed by atoms with E-state index in [0.717, 1.165) is 22.4 Å². The van der Waals surface area contributed by atoms with Crippen LogP contribution in [0.3, 0.4) is 0 Å². The summed E-state index contributed by atoms with van der Waals surface area (Å²) in [6.45, 7) is 9.70. The van der Waals surface area contributed by atoms with Crippen LogP contribution in [0.5, 0.6) is 5.75 Å². The average Bonchev–Trinajstić information content (AvgIpc) is 3.58. The first kappa shape index (κ1) is 30.8. The van der Waals surface area contributed by atoms with E-state index in [0.29, 0.717) is 30.3 Å². The largest absolute Gasteiger partial charge is 0.492 e. The van der Waals surface area contributed by atoms with Crippen molar-refractivity contribution in [2.24, 2.45) is 5.41 Å². The number of fused-ring (bicyclic) bond motifs is 1. The molecule has 2 aromatic carbocycles. The number of carbonyl (C=O) groups is 3. The zero-order chi connectivity index (χ0) is 30.3. The maximum absolute atomic E-state index is 14.1. The Balaban J connectivity index is 1.42. The summed E-state index contributed by atoms with van der Waals surface area (Å²) in [4.78, 5) is 44.8. The van der Waals surface area contributed by atoms with E-state index in [2.05, 4.69) is 11.9 Å². The monoisotopic (exact) mass is 591 g/mol. The number of thiazole rings is 1. The molecule has 0 saturated heterocycles. The van der Waals surface area contributed by atoms with Gasteiger partial charge >= 0.3 is 12.1 Å². The van der Waals surface area contributed by atoms with Crippen molar-refractivity contribution in [2.45, 2.75) is 45.6 Å². The number of benzene rings is 2. The number of aromatic nitrogens is 1. The SMILES string of the molecule is C=CCOC(=O)NCCOc1ccc(-c2csc(N(C)C(=O)C3(CC(=O)OC(C)(C)C)Cc4ccccc4C3)n2)cc1. The summed E-state index contributed by atoms with van der Waals surface area (Å²) >= 11 is 1.37. The van der Waals surface area contributed by atoms with Crippen LogP contribution in [0.2, 0.25) is 0 Å². The third kappa shape index (κ3) is 7.76. The molecule has 9 nitrogen and oxygen atoms in total. The van der Waals surface area contributed by atoms with Crippen LogP contribution in [0.25, 0.3) is 11.3 Å². The van der Waals surface area contributed by atoms with Crippen LogP contribution >= 0.6 is 11.3 Å². The number of hydrogen-bond acceptors (Lipinski definition) is 8. The minimum Gasteiger partial charge on any atom is -0.492 e. The van der Waals surface area contributed by atoms with Gasteiger partial charge in [0.25, 0.3) is 0 Å². The molecule has 0 bridgehead atoms. The van der Waals surface area contributed by atoms with Gasteiger partial charge in [-0.25, -0.2) is 9.78 Å². The van der Waals surface area contributed by atoms with Crippen LogP contribution in [-0.2, 0) is 31.9 Å². The van der Waals surface area contributed by atoms with Crippen molar-refractivity contribution >= 4 is 34.4 Å². The summed E-state index contributed by atoms with van der Waals surface area (Å²) in [7, 11) is 1.71. The highest BCUT2D eigenvalue weighted by atomic mass is 32.1. The van der Waals surface area contributed by atoms with Gasteiger partial charge in [0.05, 0.1) is 24.1 Å². The standard InChI is InChI=1S/C32H37N3O6S/c1-6-16-40-30(38)33-15-17-39-25-13-11-22(12-14-25)26-21-42-29(34-26)35(5)28(37)32(20-27(36)41-31(2,3)4)18-23-9-7-8-10-24(23)19-32/h6-14,21H,1,15-20H2,2-5H3,(H,33,38). The quantitative estimate of drug-likeness (QED) is 0.176. The molecule has 0 radical (unpaired) electrons. The fourth-order valence-electron chi connectivity index (χ4n) is 4.92. The number of carbonyl (C=O) groups excluding carboxylic acids is 3. The molecule has 0 fully saturated rings. The molecule has 1 heterocycles. The normalized spacial score (nSPS) is 13.5. The first-order chi connectivity index (χ1) is 20.0. The third-order valence-electron chi connectivity index (χ3n) is 6.74. The number of anilines is 1. The van der Waals surface area contributed by atoms with Crippen molar-refractivity contribution in [1.29, 1.82) is 0 Å². The Hall–Kier alpha value is -4.18. The van der Waals surface area contributed by atoms with E-state index in [1.54, 1.807) is 11.9 Å². The Labute approximate surface area is 250 Å². The third-order valence-corrected chi connectivity index (χ3v) is 7.66. The van der Waals surface area contributed by atoms with Crippen LogP contribution in [0.4, 0.5) is 9.93 Å². The molecule has 0 spiro atoms. The topological polar surface area (TPSA) is 107 Å². The predicted molar refractivity (Wildman–Crippen MR) is 163 cm³/mol. The van der Waals surface area contributed by atoms with Gasteiger partial charge in [0.2, 0.25) is 5.91 Å². The highest BCUT2D eigenvalue weighted by Crippen LogP contribution is 2.43. The molecule has 10 heteroatoms. The van der Waals surface area contributed by atoms with Gasteiger partial charge in [0.1, 0.15) is 24.6 Å². The summed E-state index contributed by atoms with van der Waals surface area (Å²) in [5, 5.41) is 5.04. The van der Waals surface area contributed by atoms with Crippen molar-refractivity contribution in [1.82, 2.24) is 10.3 Å². The smallest absolute Gasteiger partial charge is 0.407 e. The fourth-order valence-corrected chi connectivity index (χ4v) is 5.72. The van der Waals surface area contributed by atoms with Gasteiger partial charge in [-0.05, 0) is 69.0 Å². The van der Waals surface area contributed by atoms with Crippen LogP contribution in [0.1, 0.15) is 38.3 Å². The molecule has 0 unspecified atom stereocenters. The minimum absolute atomic E-state index is 0.00660. The van der Waals surface area contributed by atoms with Gasteiger partial charge < -0.3 is 19.5 Å². The maximum atomic E-state index is 14.1. The number of esters is 1. The number of nitrogens with zero attached hydrogens (tertiary/aromatic N) is 2. The second-order valence-corrected chi connectivity index (χ2v) is 12.1. The molecular formula is C32H37N3O6S. The lowest BCUT2D eigenvalue weighted by Crippen LogP contribution is -2.45. The molecule has 1 aliphatic carbocycles. The Morgan fingerprint density at radius 2 is 1.76 bits per heavy atom.